The normalized spacial score (nSPS) is 13.8. The highest BCUT2D eigenvalue weighted by Gasteiger charge is 2.09. The Morgan fingerprint density at radius 3 is 2.67 bits per heavy atom. The summed E-state index contributed by atoms with van der Waals surface area (Å²) in [7, 11) is 0. The molecule has 1 aliphatic rings. The van der Waals surface area contributed by atoms with E-state index >= 15 is 0 Å². The summed E-state index contributed by atoms with van der Waals surface area (Å²) < 4.78 is 0. The molecule has 3 N–H and O–H groups in total. The van der Waals surface area contributed by atoms with Crippen molar-refractivity contribution in [3.63, 3.8) is 0 Å². The third-order valence-corrected chi connectivity index (χ3v) is 4.17. The molecule has 0 aliphatic heterocycles. The fourth-order valence-corrected chi connectivity index (χ4v) is 2.94. The number of carboxylic acids is 1. The van der Waals surface area contributed by atoms with Gasteiger partial charge < -0.3 is 15.7 Å². The molecular formula is C14H19N3O3S. The molecular weight excluding hydrogens is 290 g/mol. The van der Waals surface area contributed by atoms with Crippen molar-refractivity contribution in [3.05, 3.63) is 27.7 Å². The molecule has 0 atom stereocenters. The first-order valence-electron chi connectivity index (χ1n) is 7.02. The number of carboxylic acid groups (broad SMARTS) is 1. The Bertz CT molecular complexity index is 539. The summed E-state index contributed by atoms with van der Waals surface area (Å²) in [5, 5.41) is 16.5. The van der Waals surface area contributed by atoms with E-state index in [1.54, 1.807) is 0 Å². The lowest BCUT2D eigenvalue weighted by atomic mass is 10.2. The van der Waals surface area contributed by atoms with Crippen molar-refractivity contribution in [2.75, 3.05) is 13.1 Å². The summed E-state index contributed by atoms with van der Waals surface area (Å²) in [5.74, 6) is -1.02. The molecule has 21 heavy (non-hydrogen) atoms. The summed E-state index contributed by atoms with van der Waals surface area (Å²) in [4.78, 5) is 26.2. The van der Waals surface area contributed by atoms with Crippen LogP contribution >= 0.6 is 11.3 Å². The molecule has 7 heteroatoms. The lowest BCUT2D eigenvalue weighted by molar-refractivity contribution is 0.0691. The average Bonchev–Trinajstić information content (AvgIpc) is 3.09. The van der Waals surface area contributed by atoms with Gasteiger partial charge in [0.05, 0.1) is 5.01 Å². The fraction of sp³-hybridized carbons (Fsp3) is 0.500. The van der Waals surface area contributed by atoms with Gasteiger partial charge in [-0.05, 0) is 25.7 Å². The van der Waals surface area contributed by atoms with Gasteiger partial charge >= 0.3 is 12.0 Å². The van der Waals surface area contributed by atoms with Gasteiger partial charge in [-0.3, -0.25) is 0 Å². The molecule has 2 rings (SSSR count). The molecule has 1 aliphatic carbocycles. The van der Waals surface area contributed by atoms with Crippen molar-refractivity contribution in [2.45, 2.75) is 32.1 Å². The highest BCUT2D eigenvalue weighted by molar-refractivity contribution is 7.09. The number of thiazole rings is 1. The van der Waals surface area contributed by atoms with E-state index in [1.807, 2.05) is 0 Å². The Morgan fingerprint density at radius 1 is 1.29 bits per heavy atom. The summed E-state index contributed by atoms with van der Waals surface area (Å²) in [6.45, 7) is 1.10. The smallest absolute Gasteiger partial charge is 0.355 e. The first-order valence-corrected chi connectivity index (χ1v) is 7.90. The van der Waals surface area contributed by atoms with Gasteiger partial charge in [0.2, 0.25) is 0 Å². The highest BCUT2D eigenvalue weighted by atomic mass is 32.1. The maximum absolute atomic E-state index is 11.6. The minimum absolute atomic E-state index is 0.0595. The summed E-state index contributed by atoms with van der Waals surface area (Å²) in [6, 6.07) is -0.191. The van der Waals surface area contributed by atoms with E-state index in [-0.39, 0.29) is 11.7 Å². The zero-order valence-electron chi connectivity index (χ0n) is 11.7. The number of carbonyl (C=O) groups is 2. The van der Waals surface area contributed by atoms with Crippen molar-refractivity contribution >= 4 is 23.3 Å². The largest absolute Gasteiger partial charge is 0.476 e. The maximum atomic E-state index is 11.6. The Kier molecular flexibility index (Phi) is 5.74. The number of urea groups is 1. The number of carbonyl (C=O) groups excluding carboxylic acids is 1. The number of allylic oxidation sites excluding steroid dienone is 1. The van der Waals surface area contributed by atoms with Crippen LogP contribution in [0.1, 0.15) is 41.2 Å². The van der Waals surface area contributed by atoms with Crippen LogP contribution in [-0.2, 0) is 6.42 Å². The molecule has 2 amide bonds. The van der Waals surface area contributed by atoms with E-state index in [0.29, 0.717) is 24.5 Å². The van der Waals surface area contributed by atoms with Gasteiger partial charge in [-0.25, -0.2) is 14.6 Å². The van der Waals surface area contributed by atoms with Crippen LogP contribution in [0.25, 0.3) is 0 Å². The number of hydrogen-bond donors (Lipinski definition) is 3. The zero-order chi connectivity index (χ0) is 15.1. The summed E-state index contributed by atoms with van der Waals surface area (Å²) >= 11 is 1.29. The number of rotatable bonds is 7. The molecule has 6 nitrogen and oxygen atoms in total. The van der Waals surface area contributed by atoms with E-state index in [4.69, 9.17) is 5.11 Å². The molecule has 0 bridgehead atoms. The lowest BCUT2D eigenvalue weighted by Gasteiger charge is -2.07. The fourth-order valence-electron chi connectivity index (χ4n) is 2.17. The van der Waals surface area contributed by atoms with Crippen LogP contribution in [-0.4, -0.2) is 35.2 Å². The minimum Gasteiger partial charge on any atom is -0.476 e. The molecule has 0 saturated heterocycles. The van der Waals surface area contributed by atoms with E-state index in [9.17, 15) is 9.59 Å². The van der Waals surface area contributed by atoms with Crippen molar-refractivity contribution in [1.82, 2.24) is 15.6 Å². The monoisotopic (exact) mass is 309 g/mol. The number of aromatic carboxylic acids is 1. The van der Waals surface area contributed by atoms with Crippen LogP contribution in [0.2, 0.25) is 0 Å². The summed E-state index contributed by atoms with van der Waals surface area (Å²) in [6.07, 6.45) is 7.25. The first kappa shape index (κ1) is 15.5. The average molecular weight is 309 g/mol. The van der Waals surface area contributed by atoms with Crippen molar-refractivity contribution in [2.24, 2.45) is 0 Å². The number of nitrogens with zero attached hydrogens (tertiary/aromatic N) is 1. The van der Waals surface area contributed by atoms with Crippen LogP contribution in [0.5, 0.6) is 0 Å². The molecule has 0 unspecified atom stereocenters. The van der Waals surface area contributed by atoms with Crippen LogP contribution in [0.4, 0.5) is 4.79 Å². The third kappa shape index (κ3) is 5.18. The quantitative estimate of drug-likeness (QED) is 0.673. The Hall–Kier alpha value is -1.89. The van der Waals surface area contributed by atoms with E-state index in [2.05, 4.69) is 21.7 Å². The van der Waals surface area contributed by atoms with Crippen LogP contribution in [0, 0.1) is 0 Å². The molecule has 0 saturated carbocycles. The predicted octanol–water partition coefficient (Wildman–Crippen LogP) is 2.18. The molecule has 1 aromatic rings. The Labute approximate surface area is 127 Å². The lowest BCUT2D eigenvalue weighted by Crippen LogP contribution is -2.37. The standard InChI is InChI=1S/C14H19N3O3S/c18-13(19)11-9-21-12(17-11)6-8-16-14(20)15-7-5-10-3-1-2-4-10/h3,9H,1-2,4-8H2,(H,18,19)(H2,15,16,20). The molecule has 0 radical (unpaired) electrons. The second kappa shape index (κ2) is 7.78. The van der Waals surface area contributed by atoms with Crippen molar-refractivity contribution < 1.29 is 14.7 Å². The molecule has 114 valence electrons. The molecule has 0 aromatic carbocycles. The van der Waals surface area contributed by atoms with E-state index in [0.717, 1.165) is 19.3 Å². The summed E-state index contributed by atoms with van der Waals surface area (Å²) in [5.41, 5.74) is 1.49. The van der Waals surface area contributed by atoms with Crippen molar-refractivity contribution in [3.8, 4) is 0 Å². The van der Waals surface area contributed by atoms with Crippen LogP contribution in [0.15, 0.2) is 17.0 Å². The first-order chi connectivity index (χ1) is 10.1. The van der Waals surface area contributed by atoms with Gasteiger partial charge in [0.1, 0.15) is 0 Å². The van der Waals surface area contributed by atoms with Crippen LogP contribution < -0.4 is 10.6 Å². The van der Waals surface area contributed by atoms with Crippen molar-refractivity contribution in [1.29, 1.82) is 0 Å². The number of nitrogens with one attached hydrogen (secondary N) is 2. The number of amides is 2. The van der Waals surface area contributed by atoms with Gasteiger partial charge in [0, 0.05) is 24.9 Å². The maximum Gasteiger partial charge on any atom is 0.355 e. The highest BCUT2D eigenvalue weighted by Crippen LogP contribution is 2.19. The second-order valence-electron chi connectivity index (χ2n) is 4.87. The zero-order valence-corrected chi connectivity index (χ0v) is 12.5. The third-order valence-electron chi connectivity index (χ3n) is 3.26. The Morgan fingerprint density at radius 2 is 2.05 bits per heavy atom. The SMILES string of the molecule is O=C(NCCC1=CCCC1)NCCc1nc(C(=O)O)cs1. The minimum atomic E-state index is -1.02. The molecule has 1 heterocycles. The van der Waals surface area contributed by atoms with Gasteiger partial charge in [-0.2, -0.15) is 0 Å². The van der Waals surface area contributed by atoms with Crippen LogP contribution in [0.3, 0.4) is 0 Å². The molecule has 1 aromatic heterocycles. The Balaban J connectivity index is 1.58. The number of hydrogen-bond acceptors (Lipinski definition) is 4. The van der Waals surface area contributed by atoms with E-state index < -0.39 is 5.97 Å². The van der Waals surface area contributed by atoms with Gasteiger partial charge in [-0.1, -0.05) is 11.6 Å². The van der Waals surface area contributed by atoms with E-state index in [1.165, 1.54) is 28.7 Å². The predicted molar refractivity (Wildman–Crippen MR) is 80.7 cm³/mol. The topological polar surface area (TPSA) is 91.3 Å². The molecule has 0 spiro atoms. The number of aromatic nitrogens is 1. The second-order valence-corrected chi connectivity index (χ2v) is 5.81. The molecule has 0 fully saturated rings. The van der Waals surface area contributed by atoms with Gasteiger partial charge in [0.25, 0.3) is 0 Å². The van der Waals surface area contributed by atoms with Gasteiger partial charge in [-0.15, -0.1) is 11.3 Å². The van der Waals surface area contributed by atoms with Gasteiger partial charge in [0.15, 0.2) is 5.69 Å².